The number of hydrogen-bond acceptors (Lipinski definition) is 3. The second kappa shape index (κ2) is 5.71. The van der Waals surface area contributed by atoms with E-state index in [-0.39, 0.29) is 6.04 Å². The van der Waals surface area contributed by atoms with E-state index < -0.39 is 0 Å². The van der Waals surface area contributed by atoms with Crippen LogP contribution in [0.1, 0.15) is 24.1 Å². The molecule has 96 valence electrons. The summed E-state index contributed by atoms with van der Waals surface area (Å²) in [7, 11) is 0. The molecule has 1 heterocycles. The molecule has 18 heavy (non-hydrogen) atoms. The van der Waals surface area contributed by atoms with Gasteiger partial charge in [-0.05, 0) is 30.7 Å². The van der Waals surface area contributed by atoms with Gasteiger partial charge in [-0.1, -0.05) is 23.2 Å². The highest BCUT2D eigenvalue weighted by molar-refractivity contribution is 6.33. The average Bonchev–Trinajstić information content (AvgIpc) is 2.83. The quantitative estimate of drug-likeness (QED) is 0.671. The van der Waals surface area contributed by atoms with Gasteiger partial charge in [0, 0.05) is 28.4 Å². The molecule has 1 unspecified atom stereocenters. The van der Waals surface area contributed by atoms with Crippen molar-refractivity contribution in [1.29, 1.82) is 0 Å². The number of benzene rings is 1. The summed E-state index contributed by atoms with van der Waals surface area (Å²) in [4.78, 5) is 0. The van der Waals surface area contributed by atoms with E-state index in [1.807, 2.05) is 17.8 Å². The van der Waals surface area contributed by atoms with Gasteiger partial charge in [-0.3, -0.25) is 10.5 Å². The van der Waals surface area contributed by atoms with E-state index in [0.29, 0.717) is 10.0 Å². The van der Waals surface area contributed by atoms with Crippen LogP contribution in [-0.4, -0.2) is 9.78 Å². The summed E-state index contributed by atoms with van der Waals surface area (Å²) in [6.07, 6.45) is 3.70. The molecule has 2 rings (SSSR count). The summed E-state index contributed by atoms with van der Waals surface area (Å²) >= 11 is 12.2. The Morgan fingerprint density at radius 2 is 2.22 bits per heavy atom. The van der Waals surface area contributed by atoms with Crippen molar-refractivity contribution in [3.8, 4) is 0 Å². The van der Waals surface area contributed by atoms with Gasteiger partial charge in [-0.15, -0.1) is 0 Å². The lowest BCUT2D eigenvalue weighted by atomic mass is 10.0. The maximum absolute atomic E-state index is 6.18. The molecule has 3 N–H and O–H groups in total. The van der Waals surface area contributed by atoms with E-state index in [1.165, 1.54) is 0 Å². The monoisotopic (exact) mass is 284 g/mol. The normalized spacial score (nSPS) is 12.7. The summed E-state index contributed by atoms with van der Waals surface area (Å²) in [6, 6.07) is 5.08. The van der Waals surface area contributed by atoms with Crippen molar-refractivity contribution in [3.63, 3.8) is 0 Å². The van der Waals surface area contributed by atoms with Gasteiger partial charge in [-0.2, -0.15) is 5.10 Å². The molecule has 0 radical (unpaired) electrons. The molecule has 0 aliphatic heterocycles. The Kier molecular flexibility index (Phi) is 4.24. The zero-order valence-corrected chi connectivity index (χ0v) is 11.4. The van der Waals surface area contributed by atoms with Gasteiger partial charge in [0.05, 0.1) is 12.2 Å². The number of aryl methyl sites for hydroxylation is 1. The fourth-order valence-electron chi connectivity index (χ4n) is 1.80. The molecular formula is C12H14Cl2N4. The minimum Gasteiger partial charge on any atom is -0.273 e. The third-order valence-corrected chi connectivity index (χ3v) is 3.33. The lowest BCUT2D eigenvalue weighted by Gasteiger charge is -2.16. The molecule has 1 atom stereocenters. The zero-order valence-electron chi connectivity index (χ0n) is 9.90. The molecule has 0 amide bonds. The van der Waals surface area contributed by atoms with Crippen molar-refractivity contribution in [2.75, 3.05) is 0 Å². The predicted octanol–water partition coefficient (Wildman–Crippen LogP) is 2.76. The van der Waals surface area contributed by atoms with E-state index >= 15 is 0 Å². The molecule has 0 bridgehead atoms. The van der Waals surface area contributed by atoms with Gasteiger partial charge in [0.25, 0.3) is 0 Å². The SMILES string of the molecule is CCn1cc(C(NN)c2cc(Cl)ccc2Cl)cn1. The standard InChI is InChI=1S/C12H14Cl2N4/c1-2-18-7-8(6-16-18)12(17-15)10-5-9(13)3-4-11(10)14/h3-7,12,17H,2,15H2,1H3. The molecule has 1 aromatic heterocycles. The Labute approximate surface area is 116 Å². The summed E-state index contributed by atoms with van der Waals surface area (Å²) in [5, 5.41) is 5.47. The van der Waals surface area contributed by atoms with Crippen molar-refractivity contribution < 1.29 is 0 Å². The zero-order chi connectivity index (χ0) is 13.1. The van der Waals surface area contributed by atoms with Crippen LogP contribution in [0, 0.1) is 0 Å². The fraction of sp³-hybridized carbons (Fsp3) is 0.250. The molecule has 2 aromatic rings. The van der Waals surface area contributed by atoms with Crippen molar-refractivity contribution in [2.24, 2.45) is 5.84 Å². The first kappa shape index (κ1) is 13.4. The summed E-state index contributed by atoms with van der Waals surface area (Å²) in [5.74, 6) is 5.62. The molecule has 0 saturated carbocycles. The molecule has 0 aliphatic rings. The highest BCUT2D eigenvalue weighted by atomic mass is 35.5. The van der Waals surface area contributed by atoms with Crippen LogP contribution in [0.4, 0.5) is 0 Å². The second-order valence-corrected chi connectivity index (χ2v) is 4.74. The number of halogens is 2. The number of aromatic nitrogens is 2. The number of hydrogen-bond donors (Lipinski definition) is 2. The smallest absolute Gasteiger partial charge is 0.0755 e. The summed E-state index contributed by atoms with van der Waals surface area (Å²) in [6.45, 7) is 2.83. The lowest BCUT2D eigenvalue weighted by molar-refractivity contribution is 0.630. The number of nitrogens with one attached hydrogen (secondary N) is 1. The van der Waals surface area contributed by atoms with Gasteiger partial charge in [0.2, 0.25) is 0 Å². The van der Waals surface area contributed by atoms with Crippen LogP contribution in [0.2, 0.25) is 10.0 Å². The lowest BCUT2D eigenvalue weighted by Crippen LogP contribution is -2.28. The number of hydrazine groups is 1. The fourth-order valence-corrected chi connectivity index (χ4v) is 2.21. The number of nitrogens with zero attached hydrogens (tertiary/aromatic N) is 2. The van der Waals surface area contributed by atoms with Gasteiger partial charge in [0.15, 0.2) is 0 Å². The second-order valence-electron chi connectivity index (χ2n) is 3.89. The van der Waals surface area contributed by atoms with Crippen LogP contribution in [0.3, 0.4) is 0 Å². The Morgan fingerprint density at radius 3 is 2.83 bits per heavy atom. The first-order valence-corrected chi connectivity index (χ1v) is 6.34. The molecule has 6 heteroatoms. The third-order valence-electron chi connectivity index (χ3n) is 2.75. The van der Waals surface area contributed by atoms with Crippen LogP contribution < -0.4 is 11.3 Å². The molecule has 0 spiro atoms. The molecule has 0 fully saturated rings. The Balaban J connectivity index is 2.41. The van der Waals surface area contributed by atoms with Crippen molar-refractivity contribution >= 4 is 23.2 Å². The van der Waals surface area contributed by atoms with Gasteiger partial charge >= 0.3 is 0 Å². The van der Waals surface area contributed by atoms with Gasteiger partial charge in [-0.25, -0.2) is 5.43 Å². The van der Waals surface area contributed by atoms with Gasteiger partial charge in [0.1, 0.15) is 0 Å². The largest absolute Gasteiger partial charge is 0.273 e. The topological polar surface area (TPSA) is 55.9 Å². The maximum atomic E-state index is 6.18. The van der Waals surface area contributed by atoms with Crippen LogP contribution in [0.15, 0.2) is 30.6 Å². The van der Waals surface area contributed by atoms with Crippen LogP contribution >= 0.6 is 23.2 Å². The molecule has 0 aliphatic carbocycles. The summed E-state index contributed by atoms with van der Waals surface area (Å²) < 4.78 is 1.83. The Hall–Kier alpha value is -1.07. The van der Waals surface area contributed by atoms with E-state index in [9.17, 15) is 0 Å². The van der Waals surface area contributed by atoms with E-state index in [0.717, 1.165) is 17.7 Å². The van der Waals surface area contributed by atoms with Gasteiger partial charge < -0.3 is 0 Å². The first-order valence-electron chi connectivity index (χ1n) is 5.59. The molecule has 0 saturated heterocycles. The van der Waals surface area contributed by atoms with E-state index in [2.05, 4.69) is 10.5 Å². The first-order chi connectivity index (χ1) is 8.65. The molecular weight excluding hydrogens is 271 g/mol. The van der Waals surface area contributed by atoms with E-state index in [1.54, 1.807) is 24.4 Å². The predicted molar refractivity (Wildman–Crippen MR) is 73.5 cm³/mol. The highest BCUT2D eigenvalue weighted by Gasteiger charge is 2.17. The van der Waals surface area contributed by atoms with Crippen molar-refractivity contribution in [2.45, 2.75) is 19.5 Å². The maximum Gasteiger partial charge on any atom is 0.0755 e. The third kappa shape index (κ3) is 2.67. The molecule has 4 nitrogen and oxygen atoms in total. The summed E-state index contributed by atoms with van der Waals surface area (Å²) in [5.41, 5.74) is 4.53. The van der Waals surface area contributed by atoms with Crippen molar-refractivity contribution in [1.82, 2.24) is 15.2 Å². The number of nitrogens with two attached hydrogens (primary N) is 1. The average molecular weight is 285 g/mol. The Morgan fingerprint density at radius 1 is 1.44 bits per heavy atom. The minimum absolute atomic E-state index is 0.225. The number of rotatable bonds is 4. The minimum atomic E-state index is -0.225. The van der Waals surface area contributed by atoms with Crippen LogP contribution in [0.5, 0.6) is 0 Å². The van der Waals surface area contributed by atoms with Crippen LogP contribution in [-0.2, 0) is 6.54 Å². The van der Waals surface area contributed by atoms with Crippen molar-refractivity contribution in [3.05, 3.63) is 51.8 Å². The van der Waals surface area contributed by atoms with Crippen LogP contribution in [0.25, 0.3) is 0 Å². The van der Waals surface area contributed by atoms with E-state index in [4.69, 9.17) is 29.0 Å². The molecule has 1 aromatic carbocycles. The highest BCUT2D eigenvalue weighted by Crippen LogP contribution is 2.29. The Bertz CT molecular complexity index is 539.